The maximum absolute atomic E-state index is 13.1. The highest BCUT2D eigenvalue weighted by Crippen LogP contribution is 2.31. The number of para-hydroxylation sites is 2. The summed E-state index contributed by atoms with van der Waals surface area (Å²) in [6.45, 7) is 6.26. The van der Waals surface area contributed by atoms with E-state index in [4.69, 9.17) is 9.47 Å². The Labute approximate surface area is 189 Å². The van der Waals surface area contributed by atoms with E-state index in [1.807, 2.05) is 49.4 Å². The van der Waals surface area contributed by atoms with Crippen LogP contribution in [0.3, 0.4) is 0 Å². The monoisotopic (exact) mass is 433 g/mol. The molecule has 0 saturated carbocycles. The zero-order chi connectivity index (χ0) is 22.5. The number of allylic oxidation sites excluding steroid dienone is 1. The Bertz CT molecular complexity index is 1030. The molecule has 2 N–H and O–H groups in total. The van der Waals surface area contributed by atoms with Gasteiger partial charge in [-0.3, -0.25) is 4.79 Å². The van der Waals surface area contributed by atoms with Crippen molar-refractivity contribution in [3.63, 3.8) is 0 Å². The molecule has 32 heavy (non-hydrogen) atoms. The summed E-state index contributed by atoms with van der Waals surface area (Å²) in [5.74, 6) is 2.07. The van der Waals surface area contributed by atoms with Crippen LogP contribution in [-0.2, 0) is 9.53 Å². The zero-order valence-electron chi connectivity index (χ0n) is 18.9. The Hall–Kier alpha value is -3.28. The lowest BCUT2D eigenvalue weighted by Gasteiger charge is -2.20. The van der Waals surface area contributed by atoms with Gasteiger partial charge >= 0.3 is 0 Å². The molecule has 3 unspecified atom stereocenters. The number of nitrogens with zero attached hydrogens (tertiary/aromatic N) is 1. The molecule has 3 heterocycles. The molecule has 4 bridgehead atoms. The minimum absolute atomic E-state index is 0.0149. The number of hydrogen-bond donors (Lipinski definition) is 2. The smallest absolute Gasteiger partial charge is 0.255 e. The van der Waals surface area contributed by atoms with Crippen LogP contribution in [0.5, 0.6) is 5.75 Å². The molecular weight excluding hydrogens is 402 g/mol. The van der Waals surface area contributed by atoms with E-state index in [1.54, 1.807) is 12.5 Å². The van der Waals surface area contributed by atoms with Crippen molar-refractivity contribution in [1.82, 2.24) is 4.98 Å². The van der Waals surface area contributed by atoms with Gasteiger partial charge in [0, 0.05) is 17.8 Å². The average Bonchev–Trinajstić information content (AvgIpc) is 2.96. The quantitative estimate of drug-likeness (QED) is 0.553. The third kappa shape index (κ3) is 5.31. The van der Waals surface area contributed by atoms with E-state index in [9.17, 15) is 4.79 Å². The minimum atomic E-state index is -0.178. The molecule has 0 spiro atoms. The van der Waals surface area contributed by atoms with E-state index in [1.165, 1.54) is 0 Å². The fraction of sp³-hybridized carbons (Fsp3) is 0.385. The molecule has 0 fully saturated rings. The maximum atomic E-state index is 13.1. The molecule has 0 saturated heterocycles. The number of aromatic nitrogens is 1. The van der Waals surface area contributed by atoms with Crippen LogP contribution < -0.4 is 15.4 Å². The Morgan fingerprint density at radius 3 is 2.81 bits per heavy atom. The number of fused-ring (bicyclic) bond motifs is 6. The van der Waals surface area contributed by atoms with Crippen molar-refractivity contribution >= 4 is 23.2 Å². The third-order valence-electron chi connectivity index (χ3n) is 5.91. The van der Waals surface area contributed by atoms with Gasteiger partial charge in [-0.15, -0.1) is 0 Å². The van der Waals surface area contributed by atoms with Gasteiger partial charge in [0.2, 0.25) is 0 Å². The minimum Gasteiger partial charge on any atom is -0.489 e. The SMILES string of the molecule is CC1CCCC(C)Oc2ccccc2NC(=O)C2=COC(=CCC2C)c2ccnc(c2)N1. The fourth-order valence-electron chi connectivity index (χ4n) is 4.01. The number of carbonyl (C=O) groups excluding carboxylic acids is 1. The van der Waals surface area contributed by atoms with Gasteiger partial charge in [0.25, 0.3) is 5.91 Å². The van der Waals surface area contributed by atoms with Crippen LogP contribution in [0.4, 0.5) is 11.5 Å². The van der Waals surface area contributed by atoms with Crippen LogP contribution in [0.25, 0.3) is 5.76 Å². The number of nitrogens with one attached hydrogen (secondary N) is 2. The molecule has 2 aliphatic heterocycles. The first kappa shape index (κ1) is 21.9. The summed E-state index contributed by atoms with van der Waals surface area (Å²) >= 11 is 0. The first-order valence-electron chi connectivity index (χ1n) is 11.4. The number of rotatable bonds is 0. The average molecular weight is 434 g/mol. The predicted molar refractivity (Wildman–Crippen MR) is 127 cm³/mol. The van der Waals surface area contributed by atoms with Crippen LogP contribution in [0.1, 0.15) is 52.0 Å². The number of ether oxygens (including phenoxy) is 2. The van der Waals surface area contributed by atoms with Gasteiger partial charge in [0.05, 0.1) is 17.4 Å². The highest BCUT2D eigenvalue weighted by Gasteiger charge is 2.22. The van der Waals surface area contributed by atoms with E-state index < -0.39 is 0 Å². The molecule has 2 aromatic rings. The van der Waals surface area contributed by atoms with Crippen LogP contribution in [0.2, 0.25) is 0 Å². The molecule has 4 rings (SSSR count). The normalized spacial score (nSPS) is 24.1. The van der Waals surface area contributed by atoms with Crippen molar-refractivity contribution in [2.24, 2.45) is 5.92 Å². The van der Waals surface area contributed by atoms with E-state index in [2.05, 4.69) is 29.5 Å². The third-order valence-corrected chi connectivity index (χ3v) is 5.91. The van der Waals surface area contributed by atoms with Gasteiger partial charge in [-0.2, -0.15) is 0 Å². The molecule has 1 amide bonds. The number of pyridine rings is 1. The van der Waals surface area contributed by atoms with Gasteiger partial charge in [0.1, 0.15) is 23.6 Å². The molecule has 6 heteroatoms. The maximum Gasteiger partial charge on any atom is 0.255 e. The topological polar surface area (TPSA) is 72.5 Å². The van der Waals surface area contributed by atoms with Crippen LogP contribution in [0, 0.1) is 5.92 Å². The highest BCUT2D eigenvalue weighted by molar-refractivity contribution is 6.04. The van der Waals surface area contributed by atoms with Crippen LogP contribution in [0.15, 0.2) is 60.5 Å². The van der Waals surface area contributed by atoms with E-state index >= 15 is 0 Å². The van der Waals surface area contributed by atoms with E-state index in [0.717, 1.165) is 36.4 Å². The Kier molecular flexibility index (Phi) is 6.78. The summed E-state index contributed by atoms with van der Waals surface area (Å²) in [6, 6.07) is 11.8. The predicted octanol–water partition coefficient (Wildman–Crippen LogP) is 5.75. The van der Waals surface area contributed by atoms with Gasteiger partial charge in [-0.25, -0.2) is 4.98 Å². The Balaban J connectivity index is 1.67. The molecule has 3 atom stereocenters. The number of benzene rings is 1. The standard InChI is InChI=1S/C26H31N3O3/c1-17-11-12-23-20-13-14-27-25(15-20)28-18(2)7-6-8-19(3)32-24-10-5-4-9-22(24)29-26(30)21(17)16-31-23/h4-5,9-10,12-19H,6-8,11H2,1-3H3,(H,27,28)(H,29,30). The second kappa shape index (κ2) is 9.90. The van der Waals surface area contributed by atoms with Gasteiger partial charge < -0.3 is 20.1 Å². The summed E-state index contributed by atoms with van der Waals surface area (Å²) in [5, 5.41) is 6.52. The van der Waals surface area contributed by atoms with Crippen molar-refractivity contribution in [2.45, 2.75) is 58.6 Å². The van der Waals surface area contributed by atoms with Crippen molar-refractivity contribution < 1.29 is 14.3 Å². The van der Waals surface area contributed by atoms with Crippen LogP contribution >= 0.6 is 0 Å². The summed E-state index contributed by atoms with van der Waals surface area (Å²) in [6.07, 6.45) is 9.07. The molecule has 1 aromatic heterocycles. The molecule has 168 valence electrons. The van der Waals surface area contributed by atoms with E-state index in [-0.39, 0.29) is 24.0 Å². The lowest BCUT2D eigenvalue weighted by atomic mass is 9.97. The lowest BCUT2D eigenvalue weighted by molar-refractivity contribution is -0.113. The van der Waals surface area contributed by atoms with Gasteiger partial charge in [0.15, 0.2) is 0 Å². The highest BCUT2D eigenvalue weighted by atomic mass is 16.5. The second-order valence-electron chi connectivity index (χ2n) is 8.68. The molecule has 0 aliphatic carbocycles. The number of hydrogen-bond acceptors (Lipinski definition) is 5. The van der Waals surface area contributed by atoms with Crippen molar-refractivity contribution in [2.75, 3.05) is 10.6 Å². The summed E-state index contributed by atoms with van der Waals surface area (Å²) < 4.78 is 12.2. The summed E-state index contributed by atoms with van der Waals surface area (Å²) in [7, 11) is 0. The Morgan fingerprint density at radius 1 is 1.09 bits per heavy atom. The fourth-order valence-corrected chi connectivity index (χ4v) is 4.01. The molecular formula is C26H31N3O3. The van der Waals surface area contributed by atoms with E-state index in [0.29, 0.717) is 23.4 Å². The summed E-state index contributed by atoms with van der Waals surface area (Å²) in [5.41, 5.74) is 2.21. The molecule has 6 nitrogen and oxygen atoms in total. The van der Waals surface area contributed by atoms with Gasteiger partial charge in [-0.05, 0) is 75.8 Å². The Morgan fingerprint density at radius 2 is 1.94 bits per heavy atom. The lowest BCUT2D eigenvalue weighted by Crippen LogP contribution is -2.21. The molecule has 1 aromatic carbocycles. The second-order valence-corrected chi connectivity index (χ2v) is 8.68. The van der Waals surface area contributed by atoms with Crippen LogP contribution in [-0.4, -0.2) is 23.0 Å². The molecule has 0 radical (unpaired) electrons. The summed E-state index contributed by atoms with van der Waals surface area (Å²) in [4.78, 5) is 17.6. The van der Waals surface area contributed by atoms with Gasteiger partial charge in [-0.1, -0.05) is 19.1 Å². The first-order valence-corrected chi connectivity index (χ1v) is 11.4. The number of amides is 1. The number of carbonyl (C=O) groups is 1. The van der Waals surface area contributed by atoms with Crippen molar-refractivity contribution in [1.29, 1.82) is 0 Å². The van der Waals surface area contributed by atoms with Crippen molar-refractivity contribution in [3.05, 3.63) is 66.1 Å². The van der Waals surface area contributed by atoms with Crippen molar-refractivity contribution in [3.8, 4) is 5.75 Å². The molecule has 2 aliphatic rings. The largest absolute Gasteiger partial charge is 0.489 e. The number of anilines is 2. The first-order chi connectivity index (χ1) is 15.5. The zero-order valence-corrected chi connectivity index (χ0v) is 18.9.